The molecule has 0 atom stereocenters. The minimum Gasteiger partial charge on any atom is -0.462 e. The number of nitro benzene ring substituents is 1. The Labute approximate surface area is 101 Å². The van der Waals surface area contributed by atoms with Crippen molar-refractivity contribution in [3.63, 3.8) is 0 Å². The molecule has 0 saturated heterocycles. The number of hydrogen-bond donors (Lipinski definition) is 0. The molecule has 6 heteroatoms. The highest BCUT2D eigenvalue weighted by molar-refractivity contribution is 7.21. The third-order valence-corrected chi connectivity index (χ3v) is 3.35. The van der Waals surface area contributed by atoms with E-state index in [1.165, 1.54) is 6.07 Å². The van der Waals surface area contributed by atoms with Crippen LogP contribution in [0.5, 0.6) is 0 Å². The number of carbonyl (C=O) groups is 1. The topological polar surface area (TPSA) is 69.4 Å². The molecule has 0 aliphatic rings. The number of rotatable bonds is 3. The van der Waals surface area contributed by atoms with Gasteiger partial charge in [-0.3, -0.25) is 10.1 Å². The van der Waals surface area contributed by atoms with Gasteiger partial charge in [0.2, 0.25) is 0 Å². The number of fused-ring (bicyclic) bond motifs is 1. The number of esters is 1. The third kappa shape index (κ3) is 2.12. The smallest absolute Gasteiger partial charge is 0.348 e. The van der Waals surface area contributed by atoms with Crippen LogP contribution in [0, 0.1) is 10.1 Å². The number of hydrogen-bond acceptors (Lipinski definition) is 5. The van der Waals surface area contributed by atoms with Crippen LogP contribution in [-0.4, -0.2) is 17.5 Å². The fourth-order valence-electron chi connectivity index (χ4n) is 1.49. The van der Waals surface area contributed by atoms with Crippen LogP contribution in [0.25, 0.3) is 10.1 Å². The van der Waals surface area contributed by atoms with Crippen molar-refractivity contribution in [3.05, 3.63) is 39.3 Å². The maximum atomic E-state index is 11.5. The largest absolute Gasteiger partial charge is 0.462 e. The Balaban J connectivity index is 2.54. The average molecular weight is 251 g/mol. The molecule has 5 nitrogen and oxygen atoms in total. The van der Waals surface area contributed by atoms with Gasteiger partial charge in [0.25, 0.3) is 5.69 Å². The lowest BCUT2D eigenvalue weighted by molar-refractivity contribution is -0.382. The van der Waals surface area contributed by atoms with Crippen molar-refractivity contribution in [1.82, 2.24) is 0 Å². The first kappa shape index (κ1) is 11.5. The molecule has 0 fully saturated rings. The van der Waals surface area contributed by atoms with E-state index in [1.54, 1.807) is 25.1 Å². The van der Waals surface area contributed by atoms with Gasteiger partial charge in [-0.15, -0.1) is 11.3 Å². The van der Waals surface area contributed by atoms with Crippen molar-refractivity contribution in [1.29, 1.82) is 0 Å². The summed E-state index contributed by atoms with van der Waals surface area (Å²) in [4.78, 5) is 22.3. The number of nitrogens with zero attached hydrogens (tertiary/aromatic N) is 1. The summed E-state index contributed by atoms with van der Waals surface area (Å²) in [6, 6.07) is 6.38. The van der Waals surface area contributed by atoms with Gasteiger partial charge < -0.3 is 4.74 Å². The second kappa shape index (κ2) is 4.50. The molecular formula is C11H9NO4S. The van der Waals surface area contributed by atoms with Gasteiger partial charge in [0.1, 0.15) is 9.58 Å². The van der Waals surface area contributed by atoms with Gasteiger partial charge in [0.05, 0.1) is 11.5 Å². The molecule has 2 rings (SSSR count). The maximum absolute atomic E-state index is 11.5. The lowest BCUT2D eigenvalue weighted by atomic mass is 10.2. The summed E-state index contributed by atoms with van der Waals surface area (Å²) >= 11 is 1.08. The van der Waals surface area contributed by atoms with Crippen LogP contribution in [0.3, 0.4) is 0 Å². The third-order valence-electron chi connectivity index (χ3n) is 2.20. The predicted molar refractivity (Wildman–Crippen MR) is 64.4 cm³/mol. The normalized spacial score (nSPS) is 10.4. The average Bonchev–Trinajstić information content (AvgIpc) is 2.72. The van der Waals surface area contributed by atoms with Gasteiger partial charge in [-0.2, -0.15) is 0 Å². The monoisotopic (exact) mass is 251 g/mol. The Morgan fingerprint density at radius 3 is 2.94 bits per heavy atom. The van der Waals surface area contributed by atoms with Crippen molar-refractivity contribution in [3.8, 4) is 0 Å². The molecule has 2 aromatic rings. The Hall–Kier alpha value is -1.95. The van der Waals surface area contributed by atoms with Crippen LogP contribution in [0.15, 0.2) is 24.3 Å². The zero-order chi connectivity index (χ0) is 12.4. The van der Waals surface area contributed by atoms with Crippen LogP contribution in [0.2, 0.25) is 0 Å². The van der Waals surface area contributed by atoms with Crippen LogP contribution >= 0.6 is 11.3 Å². The number of non-ortho nitro benzene ring substituents is 1. The van der Waals surface area contributed by atoms with Gasteiger partial charge in [0.15, 0.2) is 0 Å². The van der Waals surface area contributed by atoms with E-state index in [9.17, 15) is 14.9 Å². The lowest BCUT2D eigenvalue weighted by Crippen LogP contribution is -2.01. The number of benzene rings is 1. The molecule has 1 aromatic carbocycles. The number of ether oxygens (including phenoxy) is 1. The first-order chi connectivity index (χ1) is 8.13. The van der Waals surface area contributed by atoms with Crippen molar-refractivity contribution in [2.75, 3.05) is 6.61 Å². The molecule has 0 saturated carbocycles. The van der Waals surface area contributed by atoms with E-state index < -0.39 is 10.9 Å². The highest BCUT2D eigenvalue weighted by Gasteiger charge is 2.17. The van der Waals surface area contributed by atoms with Gasteiger partial charge >= 0.3 is 5.97 Å². The van der Waals surface area contributed by atoms with E-state index >= 15 is 0 Å². The van der Waals surface area contributed by atoms with E-state index in [1.807, 2.05) is 0 Å². The summed E-state index contributed by atoms with van der Waals surface area (Å²) in [6.07, 6.45) is 0. The zero-order valence-corrected chi connectivity index (χ0v) is 9.82. The second-order valence-electron chi connectivity index (χ2n) is 3.28. The summed E-state index contributed by atoms with van der Waals surface area (Å²) in [5, 5.41) is 11.5. The summed E-state index contributed by atoms with van der Waals surface area (Å²) in [6.45, 7) is 2.00. The predicted octanol–water partition coefficient (Wildman–Crippen LogP) is 2.99. The van der Waals surface area contributed by atoms with Crippen LogP contribution < -0.4 is 0 Å². The summed E-state index contributed by atoms with van der Waals surface area (Å²) < 4.78 is 5.36. The number of nitro groups is 1. The van der Waals surface area contributed by atoms with E-state index in [0.717, 1.165) is 11.3 Å². The highest BCUT2D eigenvalue weighted by atomic mass is 32.1. The van der Waals surface area contributed by atoms with E-state index in [4.69, 9.17) is 4.74 Å². The van der Waals surface area contributed by atoms with Crippen LogP contribution in [0.4, 0.5) is 5.69 Å². The molecule has 0 unspecified atom stereocenters. The molecule has 1 heterocycles. The lowest BCUT2D eigenvalue weighted by Gasteiger charge is -1.95. The molecule has 0 bridgehead atoms. The second-order valence-corrected chi connectivity index (χ2v) is 4.34. The Morgan fingerprint density at radius 1 is 1.53 bits per heavy atom. The zero-order valence-electron chi connectivity index (χ0n) is 9.00. The summed E-state index contributed by atoms with van der Waals surface area (Å²) in [5.74, 6) is -0.442. The van der Waals surface area contributed by atoms with Crippen molar-refractivity contribution in [2.45, 2.75) is 6.92 Å². The standard InChI is InChI=1S/C11H9NO4S/c1-2-16-11(13)9-6-7-4-3-5-8(12(14)15)10(7)17-9/h3-6H,2H2,1H3. The first-order valence-corrected chi connectivity index (χ1v) is 5.79. The van der Waals surface area contributed by atoms with Gasteiger partial charge in [-0.05, 0) is 13.0 Å². The molecule has 88 valence electrons. The van der Waals surface area contributed by atoms with Crippen molar-refractivity contribution in [2.24, 2.45) is 0 Å². The van der Waals surface area contributed by atoms with E-state index in [2.05, 4.69) is 0 Å². The highest BCUT2D eigenvalue weighted by Crippen LogP contribution is 2.33. The van der Waals surface area contributed by atoms with E-state index in [0.29, 0.717) is 15.0 Å². The fourth-order valence-corrected chi connectivity index (χ4v) is 2.53. The summed E-state index contributed by atoms with van der Waals surface area (Å²) in [7, 11) is 0. The quantitative estimate of drug-likeness (QED) is 0.477. The maximum Gasteiger partial charge on any atom is 0.348 e. The molecule has 0 radical (unpaired) electrons. The molecule has 0 aliphatic carbocycles. The molecule has 17 heavy (non-hydrogen) atoms. The fraction of sp³-hybridized carbons (Fsp3) is 0.182. The van der Waals surface area contributed by atoms with Gasteiger partial charge in [0, 0.05) is 11.5 Å². The van der Waals surface area contributed by atoms with E-state index in [-0.39, 0.29) is 12.3 Å². The van der Waals surface area contributed by atoms with Gasteiger partial charge in [-0.1, -0.05) is 12.1 Å². The molecule has 0 N–H and O–H groups in total. The molecule has 0 aliphatic heterocycles. The number of carbonyl (C=O) groups excluding carboxylic acids is 1. The SMILES string of the molecule is CCOC(=O)c1cc2cccc([N+](=O)[O-])c2s1. The Kier molecular flexibility index (Phi) is 3.06. The number of thiophene rings is 1. The Bertz CT molecular complexity index is 590. The van der Waals surface area contributed by atoms with Crippen molar-refractivity contribution >= 4 is 33.1 Å². The minimum absolute atomic E-state index is 0.0167. The van der Waals surface area contributed by atoms with Gasteiger partial charge in [-0.25, -0.2) is 4.79 Å². The molecule has 0 spiro atoms. The summed E-state index contributed by atoms with van der Waals surface area (Å²) in [5.41, 5.74) is 0.0167. The molecule has 1 aromatic heterocycles. The molecular weight excluding hydrogens is 242 g/mol. The minimum atomic E-state index is -0.451. The first-order valence-electron chi connectivity index (χ1n) is 4.97. The van der Waals surface area contributed by atoms with Crippen molar-refractivity contribution < 1.29 is 14.5 Å². The van der Waals surface area contributed by atoms with Crippen LogP contribution in [0.1, 0.15) is 16.6 Å². The molecule has 0 amide bonds. The Morgan fingerprint density at radius 2 is 2.29 bits per heavy atom. The van der Waals surface area contributed by atoms with Crippen LogP contribution in [-0.2, 0) is 4.74 Å².